The Morgan fingerprint density at radius 3 is 2.41 bits per heavy atom. The molecule has 7 heteroatoms. The molecule has 3 fully saturated rings. The first-order chi connectivity index (χ1) is 14.9. The molecule has 2 heterocycles. The Hall–Kier alpha value is -2.22. The van der Waals surface area contributed by atoms with Gasteiger partial charge >= 0.3 is 0 Å². The SMILES string of the molecule is C=C/C=C\C(=N)N.COC.Cc1cc(C2CC2)c(NCC23CCCN2CCC3)cc1F.O.[HH].[HH]. The van der Waals surface area contributed by atoms with Crippen molar-refractivity contribution in [2.45, 2.75) is 56.9 Å². The van der Waals surface area contributed by atoms with Gasteiger partial charge in [-0.3, -0.25) is 10.3 Å². The Morgan fingerprint density at radius 1 is 1.34 bits per heavy atom. The predicted molar refractivity (Wildman–Crippen MR) is 136 cm³/mol. The zero-order chi connectivity index (χ0) is 22.9. The van der Waals surface area contributed by atoms with Crippen LogP contribution in [0.25, 0.3) is 0 Å². The number of anilines is 1. The number of rotatable bonds is 6. The third kappa shape index (κ3) is 7.73. The first-order valence-electron chi connectivity index (χ1n) is 11.2. The lowest BCUT2D eigenvalue weighted by atomic mass is 9.93. The van der Waals surface area contributed by atoms with E-state index in [0.717, 1.165) is 17.8 Å². The topological polar surface area (TPSA) is 106 Å². The predicted octanol–water partition coefficient (Wildman–Crippen LogP) is 4.65. The van der Waals surface area contributed by atoms with Crippen LogP contribution >= 0.6 is 0 Å². The Bertz CT molecular complexity index is 778. The van der Waals surface area contributed by atoms with Crippen LogP contribution in [0.2, 0.25) is 0 Å². The minimum absolute atomic E-state index is 0. The van der Waals surface area contributed by atoms with E-state index >= 15 is 0 Å². The van der Waals surface area contributed by atoms with Crippen LogP contribution in [0.15, 0.2) is 36.9 Å². The molecule has 1 saturated carbocycles. The zero-order valence-electron chi connectivity index (χ0n) is 19.8. The van der Waals surface area contributed by atoms with E-state index in [1.165, 1.54) is 63.3 Å². The molecule has 6 N–H and O–H groups in total. The van der Waals surface area contributed by atoms with Gasteiger partial charge in [-0.15, -0.1) is 0 Å². The van der Waals surface area contributed by atoms with E-state index in [2.05, 4.69) is 27.6 Å². The number of benzene rings is 1. The van der Waals surface area contributed by atoms with Crippen molar-refractivity contribution in [2.75, 3.05) is 39.2 Å². The molecule has 184 valence electrons. The number of nitrogens with zero attached hydrogens (tertiary/aromatic N) is 1. The molecule has 1 aromatic rings. The maximum atomic E-state index is 14.0. The highest BCUT2D eigenvalue weighted by atomic mass is 19.1. The minimum atomic E-state index is -0.0749. The van der Waals surface area contributed by atoms with Gasteiger partial charge in [-0.2, -0.15) is 0 Å². The maximum absolute atomic E-state index is 14.0. The molecule has 0 aromatic heterocycles. The van der Waals surface area contributed by atoms with Crippen LogP contribution < -0.4 is 11.1 Å². The summed E-state index contributed by atoms with van der Waals surface area (Å²) in [5, 5.41) is 10.3. The van der Waals surface area contributed by atoms with Crippen LogP contribution in [0, 0.1) is 18.2 Å². The van der Waals surface area contributed by atoms with E-state index in [9.17, 15) is 4.39 Å². The standard InChI is InChI=1S/C18H25FN2.C5H8N2.C2H6O.H2O.2H2/c1-13-10-15(14-4-5-14)17(11-16(13)19)20-12-18-6-2-8-21(18)9-3-7-18;1-2-3-4-5(6)7;1-3-2;;;/h10-11,14,20H,2-9,12H2,1H3;2-4H,1H2,(H3,6,7);1-2H3;1H2;2*1H/b;4-3-;;;;. The summed E-state index contributed by atoms with van der Waals surface area (Å²) in [5.41, 5.74) is 8.45. The van der Waals surface area contributed by atoms with Crippen LogP contribution in [0.1, 0.15) is 58.4 Å². The molecule has 1 aliphatic carbocycles. The van der Waals surface area contributed by atoms with Crippen molar-refractivity contribution in [1.29, 1.82) is 5.41 Å². The average Bonchev–Trinajstić information content (AvgIpc) is 3.38. The highest BCUT2D eigenvalue weighted by Crippen LogP contribution is 2.45. The first-order valence-corrected chi connectivity index (χ1v) is 11.2. The quantitative estimate of drug-likeness (QED) is 0.332. The fourth-order valence-corrected chi connectivity index (χ4v) is 4.53. The van der Waals surface area contributed by atoms with Gasteiger partial charge in [0.1, 0.15) is 11.7 Å². The summed E-state index contributed by atoms with van der Waals surface area (Å²) in [6.07, 6.45) is 12.4. The van der Waals surface area contributed by atoms with Crippen molar-refractivity contribution in [3.05, 3.63) is 53.9 Å². The number of nitrogens with two attached hydrogens (primary N) is 1. The Kier molecular flexibility index (Phi) is 11.6. The highest BCUT2D eigenvalue weighted by Gasteiger charge is 2.44. The smallest absolute Gasteiger partial charge is 0.128 e. The minimum Gasteiger partial charge on any atom is -0.412 e. The largest absolute Gasteiger partial charge is 0.412 e. The number of methoxy groups -OCH3 is 1. The van der Waals surface area contributed by atoms with E-state index in [0.29, 0.717) is 11.5 Å². The second-order valence-electron chi connectivity index (χ2n) is 8.69. The number of nitrogens with one attached hydrogen (secondary N) is 2. The normalized spacial score (nSPS) is 18.5. The zero-order valence-corrected chi connectivity index (χ0v) is 19.8. The second-order valence-corrected chi connectivity index (χ2v) is 8.69. The Balaban J connectivity index is 0. The van der Waals surface area contributed by atoms with Crippen molar-refractivity contribution in [3.8, 4) is 0 Å². The number of halogens is 1. The lowest BCUT2D eigenvalue weighted by Gasteiger charge is -2.33. The average molecular weight is 453 g/mol. The molecule has 32 heavy (non-hydrogen) atoms. The van der Waals surface area contributed by atoms with Crippen LogP contribution in [0.5, 0.6) is 0 Å². The van der Waals surface area contributed by atoms with Gasteiger partial charge in [-0.25, -0.2) is 4.39 Å². The maximum Gasteiger partial charge on any atom is 0.128 e. The third-order valence-corrected chi connectivity index (χ3v) is 6.18. The lowest BCUT2D eigenvalue weighted by molar-refractivity contribution is 0.209. The fraction of sp³-hybridized carbons (Fsp3) is 0.560. The Labute approximate surface area is 195 Å². The number of amidine groups is 1. The van der Waals surface area contributed by atoms with Crippen molar-refractivity contribution in [1.82, 2.24) is 4.90 Å². The number of ether oxygens (including phenoxy) is 1. The van der Waals surface area contributed by atoms with Crippen LogP contribution in [-0.2, 0) is 4.74 Å². The molecule has 3 aliphatic rings. The summed E-state index contributed by atoms with van der Waals surface area (Å²) in [6.45, 7) is 8.75. The van der Waals surface area contributed by atoms with Gasteiger partial charge in [0.05, 0.1) is 0 Å². The highest BCUT2D eigenvalue weighted by molar-refractivity contribution is 5.88. The van der Waals surface area contributed by atoms with E-state index in [-0.39, 0.29) is 20.0 Å². The van der Waals surface area contributed by atoms with Crippen molar-refractivity contribution >= 4 is 11.5 Å². The van der Waals surface area contributed by atoms with Gasteiger partial charge in [-0.05, 0) is 87.7 Å². The summed E-state index contributed by atoms with van der Waals surface area (Å²) in [5.74, 6) is 0.640. The molecular formula is C25H45FN4O2. The summed E-state index contributed by atoms with van der Waals surface area (Å²) in [4.78, 5) is 2.65. The first kappa shape index (κ1) is 27.8. The van der Waals surface area contributed by atoms with Crippen molar-refractivity contribution < 1.29 is 17.5 Å². The van der Waals surface area contributed by atoms with Gasteiger partial charge < -0.3 is 21.3 Å². The summed E-state index contributed by atoms with van der Waals surface area (Å²) >= 11 is 0. The molecule has 0 atom stereocenters. The summed E-state index contributed by atoms with van der Waals surface area (Å²) in [6, 6.07) is 3.79. The van der Waals surface area contributed by atoms with Crippen molar-refractivity contribution in [3.63, 3.8) is 0 Å². The molecule has 0 spiro atoms. The lowest BCUT2D eigenvalue weighted by Crippen LogP contribution is -2.44. The van der Waals surface area contributed by atoms with Gasteiger partial charge in [0, 0.05) is 34.8 Å². The molecule has 2 saturated heterocycles. The van der Waals surface area contributed by atoms with Crippen LogP contribution in [0.3, 0.4) is 0 Å². The molecule has 6 nitrogen and oxygen atoms in total. The number of allylic oxidation sites excluding steroid dienone is 2. The van der Waals surface area contributed by atoms with Crippen molar-refractivity contribution in [2.24, 2.45) is 5.73 Å². The molecule has 4 rings (SSSR count). The molecule has 1 aromatic carbocycles. The Morgan fingerprint density at radius 2 is 1.94 bits per heavy atom. The number of hydrogen-bond donors (Lipinski definition) is 3. The molecule has 0 radical (unpaired) electrons. The van der Waals surface area contributed by atoms with E-state index in [4.69, 9.17) is 11.1 Å². The third-order valence-electron chi connectivity index (χ3n) is 6.18. The van der Waals surface area contributed by atoms with E-state index < -0.39 is 0 Å². The number of hydrogen-bond acceptors (Lipinski definition) is 4. The van der Waals surface area contributed by atoms with Crippen LogP contribution in [-0.4, -0.2) is 55.6 Å². The van der Waals surface area contributed by atoms with Gasteiger partial charge in [0.15, 0.2) is 0 Å². The second kappa shape index (κ2) is 13.4. The monoisotopic (exact) mass is 452 g/mol. The van der Waals surface area contributed by atoms with Gasteiger partial charge in [0.2, 0.25) is 0 Å². The van der Waals surface area contributed by atoms with Gasteiger partial charge in [0.25, 0.3) is 0 Å². The molecule has 0 bridgehead atoms. The molecule has 2 aliphatic heterocycles. The number of fused-ring (bicyclic) bond motifs is 1. The summed E-state index contributed by atoms with van der Waals surface area (Å²) in [7, 11) is 3.25. The molecule has 0 amide bonds. The fourth-order valence-electron chi connectivity index (χ4n) is 4.53. The summed E-state index contributed by atoms with van der Waals surface area (Å²) < 4.78 is 18.2. The van der Waals surface area contributed by atoms with Gasteiger partial charge in [-0.1, -0.05) is 24.8 Å². The number of aryl methyl sites for hydroxylation is 1. The molecule has 0 unspecified atom stereocenters. The molecular weight excluding hydrogens is 407 g/mol. The van der Waals surface area contributed by atoms with E-state index in [1.54, 1.807) is 32.4 Å². The van der Waals surface area contributed by atoms with Crippen LogP contribution in [0.4, 0.5) is 10.1 Å². The van der Waals surface area contributed by atoms with E-state index in [1.807, 2.05) is 6.92 Å².